The van der Waals surface area contributed by atoms with Gasteiger partial charge in [0.2, 0.25) is 0 Å². The number of urea groups is 1. The first-order chi connectivity index (χ1) is 13.0. The number of hydrogen-bond donors (Lipinski definition) is 2. The van der Waals surface area contributed by atoms with Crippen LogP contribution in [0.25, 0.3) is 0 Å². The summed E-state index contributed by atoms with van der Waals surface area (Å²) in [4.78, 5) is 25.7. The van der Waals surface area contributed by atoms with Crippen LogP contribution in [0.1, 0.15) is 24.8 Å². The number of likely N-dealkylation sites (tertiary alicyclic amines) is 1. The average molecular weight is 377 g/mol. The molecule has 2 fully saturated rings. The largest absolute Gasteiger partial charge is 0.497 e. The first-order valence-corrected chi connectivity index (χ1v) is 9.25. The lowest BCUT2D eigenvalue weighted by molar-refractivity contribution is 0.0453. The fourth-order valence-corrected chi connectivity index (χ4v) is 3.59. The number of methoxy groups -OCH3 is 2. The number of nitrogens with one attached hydrogen (secondary N) is 2. The Bertz CT molecular complexity index is 674. The fraction of sp³-hybridized carbons (Fsp3) is 0.579. The molecule has 2 aliphatic heterocycles. The first kappa shape index (κ1) is 19.1. The Labute approximate surface area is 159 Å². The summed E-state index contributed by atoms with van der Waals surface area (Å²) in [5.41, 5.74) is 0.578. The topological polar surface area (TPSA) is 89.1 Å². The van der Waals surface area contributed by atoms with Crippen LogP contribution in [-0.4, -0.2) is 63.0 Å². The van der Waals surface area contributed by atoms with Gasteiger partial charge in [-0.2, -0.15) is 0 Å². The lowest BCUT2D eigenvalue weighted by Gasteiger charge is -2.25. The number of carbonyl (C=O) groups is 2. The van der Waals surface area contributed by atoms with Crippen molar-refractivity contribution in [1.82, 2.24) is 15.5 Å². The molecule has 2 N–H and O–H groups in total. The van der Waals surface area contributed by atoms with E-state index in [0.717, 1.165) is 29.9 Å². The van der Waals surface area contributed by atoms with Gasteiger partial charge in [-0.25, -0.2) is 9.59 Å². The predicted octanol–water partition coefficient (Wildman–Crippen LogP) is 1.92. The van der Waals surface area contributed by atoms with Gasteiger partial charge in [-0.05, 0) is 37.0 Å². The van der Waals surface area contributed by atoms with Crippen molar-refractivity contribution in [2.24, 2.45) is 0 Å². The van der Waals surface area contributed by atoms with Crippen LogP contribution < -0.4 is 20.1 Å². The molecule has 27 heavy (non-hydrogen) atoms. The second kappa shape index (κ2) is 8.37. The molecule has 8 heteroatoms. The molecular weight excluding hydrogens is 350 g/mol. The summed E-state index contributed by atoms with van der Waals surface area (Å²) in [5, 5.41) is 5.70. The highest BCUT2D eigenvalue weighted by Gasteiger charge is 2.41. The molecule has 2 saturated heterocycles. The Kier molecular flexibility index (Phi) is 5.93. The van der Waals surface area contributed by atoms with Gasteiger partial charge in [0.1, 0.15) is 17.1 Å². The number of carbonyl (C=O) groups excluding carboxylic acids is 2. The zero-order chi connectivity index (χ0) is 19.3. The highest BCUT2D eigenvalue weighted by atomic mass is 16.6. The van der Waals surface area contributed by atoms with Crippen LogP contribution in [0.4, 0.5) is 9.59 Å². The van der Waals surface area contributed by atoms with Crippen LogP contribution in [0, 0.1) is 0 Å². The normalized spacial score (nSPS) is 22.0. The molecular formula is C19H27N3O5. The van der Waals surface area contributed by atoms with Gasteiger partial charge >= 0.3 is 12.1 Å². The van der Waals surface area contributed by atoms with Crippen LogP contribution >= 0.6 is 0 Å². The van der Waals surface area contributed by atoms with Gasteiger partial charge in [-0.1, -0.05) is 0 Å². The maximum atomic E-state index is 12.5. The Morgan fingerprint density at radius 1 is 1.22 bits per heavy atom. The smallest absolute Gasteiger partial charge is 0.407 e. The SMILES string of the molecule is COc1cc(CCNC(=O)N2CCC[C@@]3(CC2)CNC(=O)O3)cc(OC)c1. The number of nitrogens with zero attached hydrogens (tertiary/aromatic N) is 1. The zero-order valence-corrected chi connectivity index (χ0v) is 15.9. The molecule has 1 atom stereocenters. The van der Waals surface area contributed by atoms with E-state index in [0.29, 0.717) is 39.0 Å². The molecule has 0 aliphatic carbocycles. The molecule has 3 rings (SSSR count). The number of amides is 3. The van der Waals surface area contributed by atoms with E-state index in [1.54, 1.807) is 19.1 Å². The zero-order valence-electron chi connectivity index (χ0n) is 15.9. The van der Waals surface area contributed by atoms with Crippen molar-refractivity contribution in [3.8, 4) is 11.5 Å². The number of benzene rings is 1. The summed E-state index contributed by atoms with van der Waals surface area (Å²) in [6.07, 6.45) is 2.57. The lowest BCUT2D eigenvalue weighted by Crippen LogP contribution is -2.42. The monoisotopic (exact) mass is 377 g/mol. The van der Waals surface area contributed by atoms with E-state index >= 15 is 0 Å². The first-order valence-electron chi connectivity index (χ1n) is 9.25. The predicted molar refractivity (Wildman–Crippen MR) is 99.3 cm³/mol. The third kappa shape index (κ3) is 4.75. The van der Waals surface area contributed by atoms with Crippen LogP contribution in [0.15, 0.2) is 18.2 Å². The van der Waals surface area contributed by atoms with E-state index in [-0.39, 0.29) is 12.1 Å². The number of hydrogen-bond acceptors (Lipinski definition) is 5. The Balaban J connectivity index is 1.49. The molecule has 2 aliphatic rings. The number of ether oxygens (including phenoxy) is 3. The van der Waals surface area contributed by atoms with Gasteiger partial charge in [-0.3, -0.25) is 0 Å². The van der Waals surface area contributed by atoms with Gasteiger partial charge in [0.15, 0.2) is 0 Å². The summed E-state index contributed by atoms with van der Waals surface area (Å²) in [6, 6.07) is 5.61. The molecule has 8 nitrogen and oxygen atoms in total. The Morgan fingerprint density at radius 2 is 1.96 bits per heavy atom. The second-order valence-electron chi connectivity index (χ2n) is 6.97. The minimum atomic E-state index is -0.455. The lowest BCUT2D eigenvalue weighted by atomic mass is 9.95. The molecule has 3 amide bonds. The molecule has 0 unspecified atom stereocenters. The van der Waals surface area contributed by atoms with Crippen LogP contribution in [-0.2, 0) is 11.2 Å². The molecule has 1 aromatic rings. The van der Waals surface area contributed by atoms with Crippen LogP contribution in [0.3, 0.4) is 0 Å². The fourth-order valence-electron chi connectivity index (χ4n) is 3.59. The summed E-state index contributed by atoms with van der Waals surface area (Å²) in [5.74, 6) is 1.46. The Hall–Kier alpha value is -2.64. The maximum Gasteiger partial charge on any atom is 0.407 e. The van der Waals surface area contributed by atoms with E-state index < -0.39 is 5.60 Å². The van der Waals surface area contributed by atoms with Crippen molar-refractivity contribution in [3.05, 3.63) is 23.8 Å². The molecule has 0 bridgehead atoms. The van der Waals surface area contributed by atoms with Gasteiger partial charge in [0.05, 0.1) is 20.8 Å². The van der Waals surface area contributed by atoms with Gasteiger partial charge in [0.25, 0.3) is 0 Å². The van der Waals surface area contributed by atoms with Crippen molar-refractivity contribution >= 4 is 12.1 Å². The summed E-state index contributed by atoms with van der Waals surface area (Å²) < 4.78 is 16.0. The van der Waals surface area contributed by atoms with E-state index in [4.69, 9.17) is 14.2 Å². The number of rotatable bonds is 5. The highest BCUT2D eigenvalue weighted by Crippen LogP contribution is 2.29. The van der Waals surface area contributed by atoms with Crippen molar-refractivity contribution in [1.29, 1.82) is 0 Å². The molecule has 0 aromatic heterocycles. The summed E-state index contributed by atoms with van der Waals surface area (Å²) >= 11 is 0. The van der Waals surface area contributed by atoms with Gasteiger partial charge in [-0.15, -0.1) is 0 Å². The quantitative estimate of drug-likeness (QED) is 0.818. The summed E-state index contributed by atoms with van der Waals surface area (Å²) in [7, 11) is 3.23. The van der Waals surface area contributed by atoms with Gasteiger partial charge in [0, 0.05) is 32.1 Å². The van der Waals surface area contributed by atoms with Crippen molar-refractivity contribution in [2.45, 2.75) is 31.3 Å². The summed E-state index contributed by atoms with van der Waals surface area (Å²) in [6.45, 7) is 2.29. The molecule has 1 aromatic carbocycles. The molecule has 148 valence electrons. The number of alkyl carbamates (subject to hydrolysis) is 1. The standard InChI is InChI=1S/C19H27N3O5/c1-25-15-10-14(11-16(12-15)26-2)4-7-20-17(23)22-8-3-5-19(6-9-22)13-21-18(24)27-19/h10-12H,3-9,13H2,1-2H3,(H,20,23)(H,21,24)/t19-/m1/s1. The Morgan fingerprint density at radius 3 is 2.59 bits per heavy atom. The van der Waals surface area contributed by atoms with Crippen molar-refractivity contribution < 1.29 is 23.8 Å². The molecule has 0 radical (unpaired) electrons. The minimum absolute atomic E-state index is 0.0841. The minimum Gasteiger partial charge on any atom is -0.497 e. The third-order valence-electron chi connectivity index (χ3n) is 5.15. The van der Waals surface area contributed by atoms with Crippen molar-refractivity contribution in [2.75, 3.05) is 40.4 Å². The van der Waals surface area contributed by atoms with Gasteiger partial charge < -0.3 is 29.7 Å². The second-order valence-corrected chi connectivity index (χ2v) is 6.97. The maximum absolute atomic E-state index is 12.5. The van der Waals surface area contributed by atoms with Crippen molar-refractivity contribution in [3.63, 3.8) is 0 Å². The van der Waals surface area contributed by atoms with E-state index in [1.807, 2.05) is 18.2 Å². The van der Waals surface area contributed by atoms with Crippen LogP contribution in [0.2, 0.25) is 0 Å². The van der Waals surface area contributed by atoms with Crippen LogP contribution in [0.5, 0.6) is 11.5 Å². The molecule has 0 saturated carbocycles. The average Bonchev–Trinajstić information content (AvgIpc) is 2.91. The highest BCUT2D eigenvalue weighted by molar-refractivity contribution is 5.74. The van der Waals surface area contributed by atoms with E-state index in [9.17, 15) is 9.59 Å². The molecule has 2 heterocycles. The van der Waals surface area contributed by atoms with E-state index in [1.165, 1.54) is 0 Å². The van der Waals surface area contributed by atoms with E-state index in [2.05, 4.69) is 10.6 Å². The third-order valence-corrected chi connectivity index (χ3v) is 5.15. The molecule has 1 spiro atoms.